The van der Waals surface area contributed by atoms with E-state index < -0.39 is 30.6 Å². The lowest BCUT2D eigenvalue weighted by atomic mass is 10.4. The van der Waals surface area contributed by atoms with Crippen LogP contribution in [0.1, 0.15) is 6.42 Å². The zero-order valence-corrected chi connectivity index (χ0v) is 11.5. The van der Waals surface area contributed by atoms with E-state index in [1.807, 2.05) is 0 Å². The number of ether oxygens (including phenoxy) is 4. The smallest absolute Gasteiger partial charge is 0.333 e. The van der Waals surface area contributed by atoms with Crippen LogP contribution in [0.2, 0.25) is 0 Å². The number of rotatable bonds is 11. The average molecular weight is 302 g/mol. The molecule has 0 spiro atoms. The van der Waals surface area contributed by atoms with Crippen LogP contribution in [0.15, 0.2) is 25.3 Å². The van der Waals surface area contributed by atoms with Gasteiger partial charge in [0.2, 0.25) is 0 Å². The molecule has 0 bridgehead atoms. The van der Waals surface area contributed by atoms with Crippen LogP contribution in [0, 0.1) is 0 Å². The molecule has 0 aromatic heterocycles. The van der Waals surface area contributed by atoms with Gasteiger partial charge in [0, 0.05) is 12.2 Å². The zero-order valence-electron chi connectivity index (χ0n) is 11.5. The first kappa shape index (κ1) is 18.8. The monoisotopic (exact) mass is 302 g/mol. The molecule has 0 rings (SSSR count). The molecule has 118 valence electrons. The van der Waals surface area contributed by atoms with Crippen molar-refractivity contribution in [3.8, 4) is 0 Å². The van der Waals surface area contributed by atoms with Crippen molar-refractivity contribution in [2.24, 2.45) is 0 Å². The topological polar surface area (TPSA) is 108 Å². The third-order valence-electron chi connectivity index (χ3n) is 1.89. The summed E-state index contributed by atoms with van der Waals surface area (Å²) in [5, 5.41) is 8.46. The summed E-state index contributed by atoms with van der Waals surface area (Å²) >= 11 is 0. The summed E-state index contributed by atoms with van der Waals surface area (Å²) < 4.78 is 19.0. The van der Waals surface area contributed by atoms with Gasteiger partial charge in [0.1, 0.15) is 13.0 Å². The third kappa shape index (κ3) is 10.3. The van der Waals surface area contributed by atoms with Crippen molar-refractivity contribution in [3.63, 3.8) is 0 Å². The molecule has 0 aliphatic heterocycles. The van der Waals surface area contributed by atoms with E-state index in [1.54, 1.807) is 0 Å². The Hall–Kier alpha value is -2.19. The zero-order chi connectivity index (χ0) is 16.1. The fraction of sp³-hybridized carbons (Fsp3) is 0.462. The molecule has 8 heteroatoms. The molecule has 0 atom stereocenters. The molecule has 0 aliphatic rings. The number of hydrogen-bond acceptors (Lipinski definition) is 8. The summed E-state index contributed by atoms with van der Waals surface area (Å²) in [5.41, 5.74) is 0. The van der Waals surface area contributed by atoms with E-state index in [2.05, 4.69) is 22.6 Å². The molecule has 0 aromatic rings. The average Bonchev–Trinajstić information content (AvgIpc) is 2.46. The molecule has 21 heavy (non-hydrogen) atoms. The molecule has 0 saturated heterocycles. The van der Waals surface area contributed by atoms with Crippen LogP contribution in [0.3, 0.4) is 0 Å². The highest BCUT2D eigenvalue weighted by atomic mass is 16.7. The minimum absolute atomic E-state index is 0.0453. The summed E-state index contributed by atoms with van der Waals surface area (Å²) in [6.07, 6.45) is -0.169. The number of aliphatic hydroxyl groups excluding tert-OH is 1. The fourth-order valence-electron chi connectivity index (χ4n) is 1.04. The van der Waals surface area contributed by atoms with E-state index >= 15 is 0 Å². The molecule has 0 saturated carbocycles. The predicted molar refractivity (Wildman–Crippen MR) is 69.8 cm³/mol. The molecule has 0 heterocycles. The van der Waals surface area contributed by atoms with Crippen LogP contribution in [-0.2, 0) is 33.3 Å². The summed E-state index contributed by atoms with van der Waals surface area (Å²) in [5.74, 6) is -2.45. The first-order valence-electron chi connectivity index (χ1n) is 6.03. The molecule has 0 aliphatic carbocycles. The van der Waals surface area contributed by atoms with Crippen LogP contribution < -0.4 is 0 Å². The number of esters is 3. The van der Waals surface area contributed by atoms with E-state index in [0.717, 1.165) is 12.2 Å². The van der Waals surface area contributed by atoms with Gasteiger partial charge in [-0.1, -0.05) is 13.2 Å². The molecule has 0 radical (unpaired) electrons. The molecule has 8 nitrogen and oxygen atoms in total. The van der Waals surface area contributed by atoms with E-state index in [1.165, 1.54) is 0 Å². The molecule has 1 N–H and O–H groups in total. The van der Waals surface area contributed by atoms with Crippen molar-refractivity contribution in [1.29, 1.82) is 0 Å². The molecular weight excluding hydrogens is 284 g/mol. The normalized spacial score (nSPS) is 9.81. The van der Waals surface area contributed by atoms with Crippen molar-refractivity contribution in [2.45, 2.75) is 12.7 Å². The predicted octanol–water partition coefficient (Wildman–Crippen LogP) is -0.287. The minimum Gasteiger partial charge on any atom is -0.463 e. The van der Waals surface area contributed by atoms with Gasteiger partial charge in [-0.05, 0) is 0 Å². The molecule has 0 aromatic carbocycles. The van der Waals surface area contributed by atoms with Gasteiger partial charge in [-0.3, -0.25) is 4.79 Å². The number of aliphatic hydroxyl groups is 1. The summed E-state index contributed by atoms with van der Waals surface area (Å²) in [6, 6.07) is 0. The third-order valence-corrected chi connectivity index (χ3v) is 1.89. The van der Waals surface area contributed by atoms with Crippen molar-refractivity contribution in [3.05, 3.63) is 25.3 Å². The lowest BCUT2D eigenvalue weighted by Gasteiger charge is -2.16. The first-order chi connectivity index (χ1) is 10.0. The Bertz CT molecular complexity index is 354. The van der Waals surface area contributed by atoms with E-state index in [9.17, 15) is 14.4 Å². The maximum Gasteiger partial charge on any atom is 0.333 e. The van der Waals surface area contributed by atoms with Crippen LogP contribution in [0.4, 0.5) is 0 Å². The van der Waals surface area contributed by atoms with Gasteiger partial charge < -0.3 is 24.1 Å². The van der Waals surface area contributed by atoms with Crippen LogP contribution in [0.25, 0.3) is 0 Å². The highest BCUT2D eigenvalue weighted by Gasteiger charge is 2.21. The second-order valence-electron chi connectivity index (χ2n) is 3.47. The van der Waals surface area contributed by atoms with Gasteiger partial charge in [0.05, 0.1) is 19.8 Å². The molecule has 0 amide bonds. The molecule has 0 unspecified atom stereocenters. The Labute approximate surface area is 121 Å². The number of carbonyl (C=O) groups is 3. The molecule has 0 fully saturated rings. The Kier molecular flexibility index (Phi) is 10.4. The second-order valence-corrected chi connectivity index (χ2v) is 3.47. The first-order valence-corrected chi connectivity index (χ1v) is 6.03. The van der Waals surface area contributed by atoms with E-state index in [0.29, 0.717) is 0 Å². The quantitative estimate of drug-likeness (QED) is 0.240. The van der Waals surface area contributed by atoms with Crippen LogP contribution >= 0.6 is 0 Å². The van der Waals surface area contributed by atoms with Crippen LogP contribution in [-0.4, -0.2) is 55.7 Å². The minimum atomic E-state index is -1.42. The lowest BCUT2D eigenvalue weighted by Crippen LogP contribution is -2.27. The van der Waals surface area contributed by atoms with Crippen molar-refractivity contribution >= 4 is 17.9 Å². The second kappa shape index (κ2) is 11.6. The Morgan fingerprint density at radius 2 is 1.57 bits per heavy atom. The van der Waals surface area contributed by atoms with Crippen molar-refractivity contribution in [2.75, 3.05) is 26.4 Å². The van der Waals surface area contributed by atoms with E-state index in [4.69, 9.17) is 14.6 Å². The maximum atomic E-state index is 11.5. The van der Waals surface area contributed by atoms with Gasteiger partial charge in [-0.2, -0.15) is 0 Å². The van der Waals surface area contributed by atoms with Gasteiger partial charge in [-0.15, -0.1) is 0 Å². The summed E-state index contributed by atoms with van der Waals surface area (Å²) in [6.45, 7) is 6.42. The maximum absolute atomic E-state index is 11.5. The van der Waals surface area contributed by atoms with Crippen molar-refractivity contribution < 1.29 is 38.4 Å². The number of hydrogen-bond donors (Lipinski definition) is 1. The summed E-state index contributed by atoms with van der Waals surface area (Å²) in [4.78, 5) is 33.6. The SMILES string of the molecule is C=CC(=O)OC(CC(=O)OCCOCCO)OC(=O)C=C. The summed E-state index contributed by atoms with van der Waals surface area (Å²) in [7, 11) is 0. The van der Waals surface area contributed by atoms with Crippen LogP contribution in [0.5, 0.6) is 0 Å². The lowest BCUT2D eigenvalue weighted by molar-refractivity contribution is -0.186. The van der Waals surface area contributed by atoms with Gasteiger partial charge in [0.25, 0.3) is 6.29 Å². The fourth-order valence-corrected chi connectivity index (χ4v) is 1.04. The standard InChI is InChI=1S/C13H18O8/c1-3-10(15)20-13(21-11(16)4-2)9-12(17)19-8-7-18-6-5-14/h3-4,13-14H,1-2,5-9H2. The Morgan fingerprint density at radius 1 is 1.00 bits per heavy atom. The number of carbonyl (C=O) groups excluding carboxylic acids is 3. The van der Waals surface area contributed by atoms with Gasteiger partial charge >= 0.3 is 17.9 Å². The van der Waals surface area contributed by atoms with E-state index in [-0.39, 0.29) is 26.4 Å². The highest BCUT2D eigenvalue weighted by Crippen LogP contribution is 2.05. The highest BCUT2D eigenvalue weighted by molar-refractivity contribution is 5.83. The van der Waals surface area contributed by atoms with Gasteiger partial charge in [-0.25, -0.2) is 9.59 Å². The Morgan fingerprint density at radius 3 is 2.05 bits per heavy atom. The largest absolute Gasteiger partial charge is 0.463 e. The van der Waals surface area contributed by atoms with Crippen molar-refractivity contribution in [1.82, 2.24) is 0 Å². The molecular formula is C13H18O8. The Balaban J connectivity index is 4.20. The van der Waals surface area contributed by atoms with Gasteiger partial charge in [0.15, 0.2) is 0 Å².